The molecule has 0 aliphatic rings. The van der Waals surface area contributed by atoms with E-state index < -0.39 is 0 Å². The lowest BCUT2D eigenvalue weighted by atomic mass is 10.1. The average molecular weight is 300 g/mol. The molecule has 2 aromatic carbocycles. The molecule has 0 heterocycles. The summed E-state index contributed by atoms with van der Waals surface area (Å²) in [5, 5.41) is 2.79. The van der Waals surface area contributed by atoms with Gasteiger partial charge in [0.2, 0.25) is 0 Å². The second-order valence-electron chi connectivity index (χ2n) is 4.39. The van der Waals surface area contributed by atoms with Gasteiger partial charge in [-0.15, -0.1) is 0 Å². The van der Waals surface area contributed by atoms with Crippen molar-refractivity contribution in [3.63, 3.8) is 0 Å². The number of benzene rings is 2. The molecule has 2 rings (SSSR count). The van der Waals surface area contributed by atoms with Crippen LogP contribution in [0.3, 0.4) is 0 Å². The van der Waals surface area contributed by atoms with Gasteiger partial charge in [0.1, 0.15) is 17.2 Å². The SMILES string of the molecule is CCOc1c[c]c(C(=O)Nc2ccc(OC)cc2)c(OC)c1. The first-order valence-corrected chi connectivity index (χ1v) is 6.85. The van der Waals surface area contributed by atoms with Gasteiger partial charge in [0.15, 0.2) is 0 Å². The van der Waals surface area contributed by atoms with Crippen molar-refractivity contribution in [1.29, 1.82) is 0 Å². The summed E-state index contributed by atoms with van der Waals surface area (Å²) in [6, 6.07) is 13.3. The average Bonchev–Trinajstić information content (AvgIpc) is 2.55. The van der Waals surface area contributed by atoms with Gasteiger partial charge < -0.3 is 19.5 Å². The van der Waals surface area contributed by atoms with Crippen molar-refractivity contribution < 1.29 is 19.0 Å². The first kappa shape index (κ1) is 15.7. The minimum atomic E-state index is -0.301. The Hall–Kier alpha value is -2.69. The van der Waals surface area contributed by atoms with Crippen LogP contribution >= 0.6 is 0 Å². The van der Waals surface area contributed by atoms with Gasteiger partial charge in [-0.1, -0.05) is 0 Å². The van der Waals surface area contributed by atoms with Crippen molar-refractivity contribution >= 4 is 11.6 Å². The lowest BCUT2D eigenvalue weighted by molar-refractivity contribution is 0.102. The van der Waals surface area contributed by atoms with Gasteiger partial charge in [-0.2, -0.15) is 0 Å². The van der Waals surface area contributed by atoms with Gasteiger partial charge in [-0.3, -0.25) is 4.79 Å². The number of carbonyl (C=O) groups is 1. The van der Waals surface area contributed by atoms with Gasteiger partial charge in [0.25, 0.3) is 5.91 Å². The van der Waals surface area contributed by atoms with Crippen molar-refractivity contribution in [2.24, 2.45) is 0 Å². The van der Waals surface area contributed by atoms with Crippen molar-refractivity contribution in [3.05, 3.63) is 48.0 Å². The normalized spacial score (nSPS) is 9.95. The number of methoxy groups -OCH3 is 2. The van der Waals surface area contributed by atoms with Gasteiger partial charge in [0.05, 0.1) is 26.4 Å². The highest BCUT2D eigenvalue weighted by atomic mass is 16.5. The zero-order valence-electron chi connectivity index (χ0n) is 12.8. The van der Waals surface area contributed by atoms with E-state index in [1.807, 2.05) is 6.92 Å². The summed E-state index contributed by atoms with van der Waals surface area (Å²) in [5.41, 5.74) is 0.983. The summed E-state index contributed by atoms with van der Waals surface area (Å²) in [5.74, 6) is 1.45. The highest BCUT2D eigenvalue weighted by Gasteiger charge is 2.14. The molecule has 0 aromatic heterocycles. The summed E-state index contributed by atoms with van der Waals surface area (Å²) in [6.07, 6.45) is 0. The van der Waals surface area contributed by atoms with Crippen LogP contribution in [0.5, 0.6) is 17.2 Å². The third-order valence-corrected chi connectivity index (χ3v) is 2.98. The lowest BCUT2D eigenvalue weighted by Crippen LogP contribution is -2.13. The van der Waals surface area contributed by atoms with Crippen LogP contribution in [0.4, 0.5) is 5.69 Å². The van der Waals surface area contributed by atoms with E-state index in [4.69, 9.17) is 14.2 Å². The maximum Gasteiger partial charge on any atom is 0.260 e. The second kappa shape index (κ2) is 7.36. The Morgan fingerprint density at radius 1 is 1.14 bits per heavy atom. The Bertz CT molecular complexity index is 638. The minimum absolute atomic E-state index is 0.301. The molecule has 0 spiro atoms. The zero-order valence-corrected chi connectivity index (χ0v) is 12.8. The third kappa shape index (κ3) is 3.69. The number of rotatable bonds is 6. The van der Waals surface area contributed by atoms with E-state index in [9.17, 15) is 4.79 Å². The van der Waals surface area contributed by atoms with Crippen LogP contribution in [0, 0.1) is 6.07 Å². The fraction of sp³-hybridized carbons (Fsp3) is 0.235. The van der Waals surface area contributed by atoms with Crippen LogP contribution in [-0.2, 0) is 0 Å². The molecule has 0 bridgehead atoms. The van der Waals surface area contributed by atoms with Crippen LogP contribution < -0.4 is 19.5 Å². The van der Waals surface area contributed by atoms with E-state index in [0.29, 0.717) is 29.4 Å². The molecule has 115 valence electrons. The van der Waals surface area contributed by atoms with E-state index in [2.05, 4.69) is 11.4 Å². The van der Waals surface area contributed by atoms with Crippen LogP contribution in [0.2, 0.25) is 0 Å². The van der Waals surface area contributed by atoms with Crippen LogP contribution in [0.25, 0.3) is 0 Å². The summed E-state index contributed by atoms with van der Waals surface area (Å²) < 4.78 is 15.7. The number of anilines is 1. The number of carbonyl (C=O) groups excluding carboxylic acids is 1. The molecule has 0 atom stereocenters. The maximum absolute atomic E-state index is 12.3. The first-order valence-electron chi connectivity index (χ1n) is 6.85. The molecule has 1 radical (unpaired) electrons. The zero-order chi connectivity index (χ0) is 15.9. The van der Waals surface area contributed by atoms with Crippen LogP contribution in [0.15, 0.2) is 36.4 Å². The predicted octanol–water partition coefficient (Wildman–Crippen LogP) is 3.15. The van der Waals surface area contributed by atoms with E-state index in [1.165, 1.54) is 7.11 Å². The summed E-state index contributed by atoms with van der Waals surface area (Å²) in [7, 11) is 3.09. The molecule has 0 saturated heterocycles. The van der Waals surface area contributed by atoms with E-state index in [0.717, 1.165) is 5.75 Å². The van der Waals surface area contributed by atoms with Crippen molar-refractivity contribution in [3.8, 4) is 17.2 Å². The molecule has 0 aliphatic heterocycles. The van der Waals surface area contributed by atoms with E-state index in [1.54, 1.807) is 43.5 Å². The molecular formula is C17H18NO4. The van der Waals surface area contributed by atoms with E-state index in [-0.39, 0.29) is 5.91 Å². The number of hydrogen-bond acceptors (Lipinski definition) is 4. The molecule has 2 aromatic rings. The lowest BCUT2D eigenvalue weighted by Gasteiger charge is -2.11. The Kier molecular flexibility index (Phi) is 5.25. The van der Waals surface area contributed by atoms with Crippen molar-refractivity contribution in [1.82, 2.24) is 0 Å². The Morgan fingerprint density at radius 2 is 1.86 bits per heavy atom. The fourth-order valence-electron chi connectivity index (χ4n) is 1.91. The van der Waals surface area contributed by atoms with Gasteiger partial charge in [-0.25, -0.2) is 0 Å². The minimum Gasteiger partial charge on any atom is -0.497 e. The number of hydrogen-bond donors (Lipinski definition) is 1. The smallest absolute Gasteiger partial charge is 0.260 e. The molecule has 0 saturated carbocycles. The molecule has 5 nitrogen and oxygen atoms in total. The topological polar surface area (TPSA) is 56.8 Å². The molecule has 1 amide bonds. The third-order valence-electron chi connectivity index (χ3n) is 2.98. The van der Waals surface area contributed by atoms with Crippen molar-refractivity contribution in [2.75, 3.05) is 26.1 Å². The quantitative estimate of drug-likeness (QED) is 0.890. The van der Waals surface area contributed by atoms with Crippen LogP contribution in [-0.4, -0.2) is 26.7 Å². The molecule has 5 heteroatoms. The largest absolute Gasteiger partial charge is 0.497 e. The molecule has 0 aliphatic carbocycles. The summed E-state index contributed by atoms with van der Waals surface area (Å²) in [4.78, 5) is 12.3. The predicted molar refractivity (Wildman–Crippen MR) is 83.9 cm³/mol. The highest BCUT2D eigenvalue weighted by Crippen LogP contribution is 2.25. The Labute approximate surface area is 129 Å². The Balaban J connectivity index is 2.17. The highest BCUT2D eigenvalue weighted by molar-refractivity contribution is 6.06. The molecule has 22 heavy (non-hydrogen) atoms. The summed E-state index contributed by atoms with van der Waals surface area (Å²) in [6.45, 7) is 2.42. The Morgan fingerprint density at radius 3 is 2.45 bits per heavy atom. The van der Waals surface area contributed by atoms with Gasteiger partial charge >= 0.3 is 0 Å². The summed E-state index contributed by atoms with van der Waals surface area (Å²) >= 11 is 0. The maximum atomic E-state index is 12.3. The number of nitrogens with one attached hydrogen (secondary N) is 1. The fourth-order valence-corrected chi connectivity index (χ4v) is 1.91. The molecule has 1 N–H and O–H groups in total. The second-order valence-corrected chi connectivity index (χ2v) is 4.39. The number of amides is 1. The standard InChI is InChI=1S/C17H18NO4/c1-4-22-14-9-10-15(16(11-14)21-3)17(19)18-12-5-7-13(20-2)8-6-12/h5-9,11H,4H2,1-3H3,(H,18,19). The molecule has 0 fully saturated rings. The first-order chi connectivity index (χ1) is 10.7. The molecular weight excluding hydrogens is 282 g/mol. The van der Waals surface area contributed by atoms with E-state index >= 15 is 0 Å². The molecule has 0 unspecified atom stereocenters. The van der Waals surface area contributed by atoms with Gasteiger partial charge in [-0.05, 0) is 37.3 Å². The monoisotopic (exact) mass is 300 g/mol. The van der Waals surface area contributed by atoms with Crippen LogP contribution in [0.1, 0.15) is 17.3 Å². The number of ether oxygens (including phenoxy) is 3. The van der Waals surface area contributed by atoms with Crippen molar-refractivity contribution in [2.45, 2.75) is 6.92 Å². The van der Waals surface area contributed by atoms with Gasteiger partial charge in [0, 0.05) is 17.8 Å².